The van der Waals surface area contributed by atoms with Crippen LogP contribution in [0.25, 0.3) is 0 Å². The highest BCUT2D eigenvalue weighted by Gasteiger charge is 2.24. The van der Waals surface area contributed by atoms with E-state index >= 15 is 0 Å². The van der Waals surface area contributed by atoms with Crippen molar-refractivity contribution in [3.8, 4) is 5.75 Å². The molecule has 0 saturated heterocycles. The molecular weight excluding hydrogens is 508 g/mol. The first-order chi connectivity index (χ1) is 18.0. The molecule has 1 aliphatic rings. The van der Waals surface area contributed by atoms with E-state index in [-0.39, 0.29) is 28.0 Å². The molecule has 202 valence electrons. The lowest BCUT2D eigenvalue weighted by molar-refractivity contribution is 0.0995. The number of fused-ring (bicyclic) bond motifs is 1. The number of methoxy groups -OCH3 is 1. The van der Waals surface area contributed by atoms with E-state index in [0.717, 1.165) is 29.4 Å². The van der Waals surface area contributed by atoms with Crippen molar-refractivity contribution in [2.75, 3.05) is 38.4 Å². The maximum absolute atomic E-state index is 12.8. The van der Waals surface area contributed by atoms with Crippen LogP contribution >= 0.6 is 0 Å². The Morgan fingerprint density at radius 3 is 2.50 bits per heavy atom. The predicted octanol–water partition coefficient (Wildman–Crippen LogP) is 2.48. The molecular formula is C25H32N8O4S. The van der Waals surface area contributed by atoms with Crippen molar-refractivity contribution in [3.05, 3.63) is 53.2 Å². The van der Waals surface area contributed by atoms with Crippen LogP contribution in [0.2, 0.25) is 0 Å². The SMILES string of the molecule is COc1cc2c(cc1Nc1nnc(C(N)=O)c(Nc3ccccc3S(=O)(=O)N(C)C)n1)CN(C(C)C)CC2. The van der Waals surface area contributed by atoms with Gasteiger partial charge in [-0.05, 0) is 55.7 Å². The van der Waals surface area contributed by atoms with Gasteiger partial charge in [-0.3, -0.25) is 9.69 Å². The molecule has 2 aromatic carbocycles. The van der Waals surface area contributed by atoms with Gasteiger partial charge in [0, 0.05) is 33.2 Å². The molecule has 13 heteroatoms. The third-order valence-electron chi connectivity index (χ3n) is 6.36. The molecule has 38 heavy (non-hydrogen) atoms. The largest absolute Gasteiger partial charge is 0.495 e. The summed E-state index contributed by atoms with van der Waals surface area (Å²) in [6.07, 6.45) is 0.916. The third kappa shape index (κ3) is 5.54. The van der Waals surface area contributed by atoms with Crippen molar-refractivity contribution in [3.63, 3.8) is 0 Å². The molecule has 0 aliphatic carbocycles. The number of amides is 1. The van der Waals surface area contributed by atoms with Crippen LogP contribution in [0, 0.1) is 0 Å². The molecule has 0 atom stereocenters. The normalized spacial score (nSPS) is 13.9. The summed E-state index contributed by atoms with van der Waals surface area (Å²) in [6.45, 7) is 6.12. The van der Waals surface area contributed by atoms with Crippen molar-refractivity contribution in [2.45, 2.75) is 37.8 Å². The molecule has 4 N–H and O–H groups in total. The first-order valence-corrected chi connectivity index (χ1v) is 13.5. The van der Waals surface area contributed by atoms with Crippen LogP contribution in [0.4, 0.5) is 23.1 Å². The van der Waals surface area contributed by atoms with E-state index < -0.39 is 15.9 Å². The van der Waals surface area contributed by atoms with Crippen molar-refractivity contribution < 1.29 is 17.9 Å². The van der Waals surface area contributed by atoms with Crippen molar-refractivity contribution >= 4 is 39.1 Å². The lowest BCUT2D eigenvalue weighted by Gasteiger charge is -2.32. The number of hydrogen-bond acceptors (Lipinski definition) is 10. The van der Waals surface area contributed by atoms with E-state index in [1.807, 2.05) is 12.1 Å². The number of aromatic nitrogens is 3. The molecule has 3 aromatic rings. The molecule has 2 heterocycles. The number of rotatable bonds is 9. The number of para-hydroxylation sites is 1. The minimum absolute atomic E-state index is 0.000366. The van der Waals surface area contributed by atoms with Gasteiger partial charge in [0.05, 0.1) is 18.5 Å². The van der Waals surface area contributed by atoms with E-state index in [1.54, 1.807) is 25.3 Å². The Morgan fingerprint density at radius 1 is 1.11 bits per heavy atom. The van der Waals surface area contributed by atoms with Crippen molar-refractivity contribution in [1.82, 2.24) is 24.4 Å². The Hall–Kier alpha value is -3.81. The van der Waals surface area contributed by atoms with Gasteiger partial charge >= 0.3 is 0 Å². The minimum atomic E-state index is -3.79. The Kier molecular flexibility index (Phi) is 7.81. The number of nitrogens with zero attached hydrogens (tertiary/aromatic N) is 5. The number of primary amides is 1. The highest BCUT2D eigenvalue weighted by atomic mass is 32.2. The molecule has 1 aromatic heterocycles. The monoisotopic (exact) mass is 540 g/mol. The summed E-state index contributed by atoms with van der Waals surface area (Å²) in [5.74, 6) is -0.229. The number of sulfonamides is 1. The van der Waals surface area contributed by atoms with Gasteiger partial charge < -0.3 is 21.1 Å². The number of benzene rings is 2. The first-order valence-electron chi connectivity index (χ1n) is 12.0. The smallest absolute Gasteiger partial charge is 0.273 e. The van der Waals surface area contributed by atoms with Crippen LogP contribution in [0.5, 0.6) is 5.75 Å². The molecule has 4 rings (SSSR count). The fraction of sp³-hybridized carbons (Fsp3) is 0.360. The van der Waals surface area contributed by atoms with Gasteiger partial charge in [0.15, 0.2) is 11.5 Å². The zero-order valence-corrected chi connectivity index (χ0v) is 22.8. The highest BCUT2D eigenvalue weighted by Crippen LogP contribution is 2.34. The Bertz CT molecular complexity index is 1460. The van der Waals surface area contributed by atoms with E-state index in [2.05, 4.69) is 44.6 Å². The molecule has 0 bridgehead atoms. The summed E-state index contributed by atoms with van der Waals surface area (Å²) in [5, 5.41) is 14.0. The van der Waals surface area contributed by atoms with Crippen LogP contribution in [0.3, 0.4) is 0 Å². The topological polar surface area (TPSA) is 156 Å². The first kappa shape index (κ1) is 27.2. The zero-order chi connectivity index (χ0) is 27.6. The molecule has 0 fully saturated rings. The Labute approximate surface area is 222 Å². The molecule has 0 saturated carbocycles. The summed E-state index contributed by atoms with van der Waals surface area (Å²) in [4.78, 5) is 18.9. The second-order valence-corrected chi connectivity index (χ2v) is 11.5. The van der Waals surface area contributed by atoms with E-state index in [0.29, 0.717) is 17.5 Å². The average molecular weight is 541 g/mol. The van der Waals surface area contributed by atoms with Crippen LogP contribution in [-0.4, -0.2) is 72.5 Å². The summed E-state index contributed by atoms with van der Waals surface area (Å²) >= 11 is 0. The summed E-state index contributed by atoms with van der Waals surface area (Å²) in [6, 6.07) is 10.7. The maximum atomic E-state index is 12.8. The van der Waals surface area contributed by atoms with Crippen LogP contribution in [-0.2, 0) is 23.0 Å². The number of anilines is 4. The van der Waals surface area contributed by atoms with E-state index in [9.17, 15) is 13.2 Å². The van der Waals surface area contributed by atoms with Gasteiger partial charge in [-0.2, -0.15) is 4.98 Å². The minimum Gasteiger partial charge on any atom is -0.495 e. The fourth-order valence-corrected chi connectivity index (χ4v) is 5.23. The number of carbonyl (C=O) groups is 1. The molecule has 0 radical (unpaired) electrons. The average Bonchev–Trinajstić information content (AvgIpc) is 2.88. The summed E-state index contributed by atoms with van der Waals surface area (Å²) < 4.78 is 32.4. The summed E-state index contributed by atoms with van der Waals surface area (Å²) in [5.41, 5.74) is 8.49. The lowest BCUT2D eigenvalue weighted by Crippen LogP contribution is -2.35. The van der Waals surface area contributed by atoms with Crippen LogP contribution in [0.15, 0.2) is 41.3 Å². The predicted molar refractivity (Wildman–Crippen MR) is 144 cm³/mol. The van der Waals surface area contributed by atoms with Crippen molar-refractivity contribution in [1.29, 1.82) is 0 Å². The van der Waals surface area contributed by atoms with Gasteiger partial charge in [-0.1, -0.05) is 12.1 Å². The molecule has 12 nitrogen and oxygen atoms in total. The number of nitrogens with two attached hydrogens (primary N) is 1. The maximum Gasteiger partial charge on any atom is 0.273 e. The second-order valence-electron chi connectivity index (χ2n) is 9.37. The lowest BCUT2D eigenvalue weighted by atomic mass is 9.97. The van der Waals surface area contributed by atoms with Gasteiger partial charge in [0.25, 0.3) is 5.91 Å². The third-order valence-corrected chi connectivity index (χ3v) is 8.23. The molecule has 1 amide bonds. The zero-order valence-electron chi connectivity index (χ0n) is 22.0. The van der Waals surface area contributed by atoms with Gasteiger partial charge in [0.2, 0.25) is 16.0 Å². The quantitative estimate of drug-likeness (QED) is 0.368. The fourth-order valence-electron chi connectivity index (χ4n) is 4.19. The number of nitrogens with one attached hydrogen (secondary N) is 2. The number of ether oxygens (including phenoxy) is 1. The summed E-state index contributed by atoms with van der Waals surface area (Å²) in [7, 11) is 0.655. The standard InChI is InChI=1S/C25H32N8O4S/c1-15(2)33-11-10-16-13-20(37-5)19(12-17(16)14-33)28-25-29-24(22(23(26)34)30-31-25)27-18-8-6-7-9-21(18)38(35,36)32(3)4/h6-9,12-13,15H,10-11,14H2,1-5H3,(H2,26,34)(H2,27,28,29,31). The van der Waals surface area contributed by atoms with Crippen molar-refractivity contribution in [2.24, 2.45) is 5.73 Å². The van der Waals surface area contributed by atoms with Crippen LogP contribution in [0.1, 0.15) is 35.5 Å². The molecule has 1 aliphatic heterocycles. The second kappa shape index (κ2) is 10.9. The van der Waals surface area contributed by atoms with E-state index in [4.69, 9.17) is 10.5 Å². The van der Waals surface area contributed by atoms with Gasteiger partial charge in [-0.15, -0.1) is 10.2 Å². The van der Waals surface area contributed by atoms with Gasteiger partial charge in [0.1, 0.15) is 10.6 Å². The Morgan fingerprint density at radius 2 is 1.84 bits per heavy atom. The Balaban J connectivity index is 1.71. The molecule has 0 spiro atoms. The van der Waals surface area contributed by atoms with E-state index in [1.165, 1.54) is 25.7 Å². The number of carbonyl (C=O) groups excluding carboxylic acids is 1. The number of hydrogen-bond donors (Lipinski definition) is 3. The molecule has 0 unspecified atom stereocenters. The highest BCUT2D eigenvalue weighted by molar-refractivity contribution is 7.89. The van der Waals surface area contributed by atoms with Gasteiger partial charge in [-0.25, -0.2) is 12.7 Å². The van der Waals surface area contributed by atoms with Crippen LogP contribution < -0.4 is 21.1 Å².